The van der Waals surface area contributed by atoms with Crippen LogP contribution in [-0.4, -0.2) is 35.2 Å². The zero-order chi connectivity index (χ0) is 21.1. The van der Waals surface area contributed by atoms with Gasteiger partial charge in [-0.2, -0.15) is 0 Å². The van der Waals surface area contributed by atoms with E-state index in [0.717, 1.165) is 0 Å². The summed E-state index contributed by atoms with van der Waals surface area (Å²) in [5.41, 5.74) is -1.12. The normalized spacial score (nSPS) is 11.1. The Bertz CT molecular complexity index is 1010. The molecule has 0 radical (unpaired) electrons. The Morgan fingerprint density at radius 3 is 2.21 bits per heavy atom. The summed E-state index contributed by atoms with van der Waals surface area (Å²) in [6.07, 6.45) is 0. The highest BCUT2D eigenvalue weighted by Crippen LogP contribution is 2.31. The van der Waals surface area contributed by atoms with Crippen molar-refractivity contribution in [3.8, 4) is 11.5 Å². The fourth-order valence-corrected chi connectivity index (χ4v) is 3.39. The van der Waals surface area contributed by atoms with Gasteiger partial charge in [0.1, 0.15) is 4.90 Å². The zero-order valence-corrected chi connectivity index (χ0v) is 15.8. The van der Waals surface area contributed by atoms with Gasteiger partial charge in [-0.1, -0.05) is 0 Å². The van der Waals surface area contributed by atoms with E-state index in [0.29, 0.717) is 11.8 Å². The zero-order valence-electron chi connectivity index (χ0n) is 15.0. The molecule has 0 aliphatic rings. The molecular weight excluding hydrogens is 403 g/mol. The van der Waals surface area contributed by atoms with Crippen molar-refractivity contribution < 1.29 is 40.6 Å². The van der Waals surface area contributed by atoms with Crippen molar-refractivity contribution in [2.45, 2.75) is 11.8 Å². The highest BCUT2D eigenvalue weighted by Gasteiger charge is 2.30. The Hall–Kier alpha value is -2.95. The van der Waals surface area contributed by atoms with Crippen LogP contribution in [0.1, 0.15) is 17.3 Å². The van der Waals surface area contributed by atoms with Gasteiger partial charge < -0.3 is 14.2 Å². The van der Waals surface area contributed by atoms with Gasteiger partial charge >= 0.3 is 5.97 Å². The summed E-state index contributed by atoms with van der Waals surface area (Å²) in [4.78, 5) is 10.5. The molecule has 2 aromatic carbocycles. The number of carbonyl (C=O) groups excluding carboxylic acids is 1. The molecule has 0 heterocycles. The molecule has 0 atom stereocenters. The molecule has 152 valence electrons. The van der Waals surface area contributed by atoms with E-state index in [2.05, 4.69) is 4.74 Å². The summed E-state index contributed by atoms with van der Waals surface area (Å²) in [5, 5.41) is 0. The number of rotatable bonds is 7. The fourth-order valence-electron chi connectivity index (χ4n) is 2.24. The molecule has 11 heteroatoms. The molecule has 1 N–H and O–H groups in total. The Morgan fingerprint density at radius 2 is 1.64 bits per heavy atom. The second-order valence-corrected chi connectivity index (χ2v) is 6.91. The van der Waals surface area contributed by atoms with E-state index in [4.69, 9.17) is 9.47 Å². The number of methoxy groups -OCH3 is 2. The van der Waals surface area contributed by atoms with Crippen molar-refractivity contribution in [3.05, 3.63) is 47.3 Å². The van der Waals surface area contributed by atoms with Gasteiger partial charge in [-0.25, -0.2) is 26.4 Å². The van der Waals surface area contributed by atoms with Crippen LogP contribution in [0.3, 0.4) is 0 Å². The van der Waals surface area contributed by atoms with Crippen LogP contribution in [0.2, 0.25) is 0 Å². The molecule has 28 heavy (non-hydrogen) atoms. The average Bonchev–Trinajstić information content (AvgIpc) is 2.65. The largest absolute Gasteiger partial charge is 0.493 e. The Morgan fingerprint density at radius 1 is 1.00 bits per heavy atom. The van der Waals surface area contributed by atoms with Crippen molar-refractivity contribution in [1.29, 1.82) is 0 Å². The van der Waals surface area contributed by atoms with Gasteiger partial charge in [0.2, 0.25) is 0 Å². The number of ether oxygens (including phenoxy) is 3. The van der Waals surface area contributed by atoms with Gasteiger partial charge in [-0.05, 0) is 25.1 Å². The molecule has 0 aliphatic heterocycles. The van der Waals surface area contributed by atoms with Crippen LogP contribution in [0.5, 0.6) is 11.5 Å². The maximum absolute atomic E-state index is 14.1. The molecule has 2 aromatic rings. The Labute approximate surface area is 159 Å². The SMILES string of the molecule is CCOC(=O)c1cc(S(=O)(=O)Nc2ccc(OC)c(OC)c2)c(F)c(F)c1F. The third-order valence-electron chi connectivity index (χ3n) is 3.53. The van der Waals surface area contributed by atoms with E-state index >= 15 is 0 Å². The van der Waals surface area contributed by atoms with Crippen LogP contribution < -0.4 is 14.2 Å². The highest BCUT2D eigenvalue weighted by atomic mass is 32.2. The second kappa shape index (κ2) is 8.38. The number of carbonyl (C=O) groups is 1. The molecule has 2 rings (SSSR count). The summed E-state index contributed by atoms with van der Waals surface area (Å²) in [5.74, 6) is -6.80. The first kappa shape index (κ1) is 21.4. The van der Waals surface area contributed by atoms with Crippen molar-refractivity contribution >= 4 is 21.7 Å². The molecule has 0 unspecified atom stereocenters. The quantitative estimate of drug-likeness (QED) is 0.548. The first-order valence-electron chi connectivity index (χ1n) is 7.75. The van der Waals surface area contributed by atoms with E-state index in [1.165, 1.54) is 39.3 Å². The van der Waals surface area contributed by atoms with E-state index in [-0.39, 0.29) is 18.0 Å². The van der Waals surface area contributed by atoms with Gasteiger partial charge in [0.15, 0.2) is 29.0 Å². The van der Waals surface area contributed by atoms with Crippen LogP contribution in [0.15, 0.2) is 29.2 Å². The number of esters is 1. The molecule has 0 aromatic heterocycles. The van der Waals surface area contributed by atoms with Gasteiger partial charge in [0.25, 0.3) is 10.0 Å². The summed E-state index contributed by atoms with van der Waals surface area (Å²) in [6, 6.07) is 4.26. The van der Waals surface area contributed by atoms with Crippen LogP contribution in [0, 0.1) is 17.5 Å². The van der Waals surface area contributed by atoms with Crippen molar-refractivity contribution in [2.24, 2.45) is 0 Å². The molecule has 0 saturated heterocycles. The maximum atomic E-state index is 14.1. The minimum Gasteiger partial charge on any atom is -0.493 e. The second-order valence-electron chi connectivity index (χ2n) is 5.26. The number of nitrogens with one attached hydrogen (secondary N) is 1. The van der Waals surface area contributed by atoms with Gasteiger partial charge in [-0.3, -0.25) is 4.72 Å². The summed E-state index contributed by atoms with van der Waals surface area (Å²) >= 11 is 0. The number of hydrogen-bond acceptors (Lipinski definition) is 6. The topological polar surface area (TPSA) is 90.9 Å². The van der Waals surface area contributed by atoms with E-state index < -0.39 is 43.9 Å². The molecule has 0 aliphatic carbocycles. The van der Waals surface area contributed by atoms with Gasteiger partial charge in [-0.15, -0.1) is 0 Å². The summed E-state index contributed by atoms with van der Waals surface area (Å²) in [6.45, 7) is 1.23. The third kappa shape index (κ3) is 4.14. The maximum Gasteiger partial charge on any atom is 0.341 e. The van der Waals surface area contributed by atoms with Crippen molar-refractivity contribution in [2.75, 3.05) is 25.5 Å². The fraction of sp³-hybridized carbons (Fsp3) is 0.235. The molecule has 0 spiro atoms. The first-order valence-corrected chi connectivity index (χ1v) is 9.24. The standard InChI is InChI=1S/C17H16F3NO6S/c1-4-27-17(22)10-8-13(15(19)16(20)14(10)18)28(23,24)21-9-5-6-11(25-2)12(7-9)26-3/h5-8,21H,4H2,1-3H3. The summed E-state index contributed by atoms with van der Waals surface area (Å²) in [7, 11) is -2.05. The average molecular weight is 419 g/mol. The minimum absolute atomic E-state index is 0.0699. The van der Waals surface area contributed by atoms with Gasteiger partial charge in [0.05, 0.1) is 32.1 Å². The van der Waals surface area contributed by atoms with Crippen LogP contribution in [0.4, 0.5) is 18.9 Å². The highest BCUT2D eigenvalue weighted by molar-refractivity contribution is 7.92. The third-order valence-corrected chi connectivity index (χ3v) is 4.91. The molecule has 0 fully saturated rings. The molecule has 0 amide bonds. The minimum atomic E-state index is -4.73. The number of sulfonamides is 1. The lowest BCUT2D eigenvalue weighted by molar-refractivity contribution is 0.0519. The summed E-state index contributed by atoms with van der Waals surface area (Å²) < 4.78 is 83.4. The Kier molecular flexibility index (Phi) is 6.39. The monoisotopic (exact) mass is 419 g/mol. The molecular formula is C17H16F3NO6S. The Balaban J connectivity index is 2.52. The van der Waals surface area contributed by atoms with Crippen molar-refractivity contribution in [1.82, 2.24) is 0 Å². The van der Waals surface area contributed by atoms with Crippen molar-refractivity contribution in [3.63, 3.8) is 0 Å². The number of benzene rings is 2. The first-order chi connectivity index (χ1) is 13.2. The number of anilines is 1. The molecule has 7 nitrogen and oxygen atoms in total. The number of hydrogen-bond donors (Lipinski definition) is 1. The van der Waals surface area contributed by atoms with Crippen LogP contribution >= 0.6 is 0 Å². The van der Waals surface area contributed by atoms with E-state index in [1.54, 1.807) is 0 Å². The predicted octanol–water partition coefficient (Wildman–Crippen LogP) is 3.10. The van der Waals surface area contributed by atoms with E-state index in [9.17, 15) is 26.4 Å². The van der Waals surface area contributed by atoms with Gasteiger partial charge in [0, 0.05) is 6.07 Å². The molecule has 0 bridgehead atoms. The van der Waals surface area contributed by atoms with Crippen LogP contribution in [-0.2, 0) is 14.8 Å². The predicted molar refractivity (Wildman–Crippen MR) is 92.6 cm³/mol. The lowest BCUT2D eigenvalue weighted by atomic mass is 10.2. The van der Waals surface area contributed by atoms with E-state index in [1.807, 2.05) is 4.72 Å². The molecule has 0 saturated carbocycles. The number of halogens is 3. The smallest absolute Gasteiger partial charge is 0.341 e. The lowest BCUT2D eigenvalue weighted by Crippen LogP contribution is -2.19. The lowest BCUT2D eigenvalue weighted by Gasteiger charge is -2.13. The van der Waals surface area contributed by atoms with Crippen LogP contribution in [0.25, 0.3) is 0 Å².